The summed E-state index contributed by atoms with van der Waals surface area (Å²) in [5, 5.41) is 6.38. The fourth-order valence-electron chi connectivity index (χ4n) is 3.16. The zero-order chi connectivity index (χ0) is 21.6. The van der Waals surface area contributed by atoms with E-state index in [0.717, 1.165) is 43.1 Å². The first-order valence-electron chi connectivity index (χ1n) is 10.1. The predicted octanol–water partition coefficient (Wildman–Crippen LogP) is 4.93. The maximum absolute atomic E-state index is 13.1. The van der Waals surface area contributed by atoms with Gasteiger partial charge in [0.2, 0.25) is 11.9 Å². The van der Waals surface area contributed by atoms with Crippen LogP contribution in [0.1, 0.15) is 49.9 Å². The average molecular weight is 427 g/mol. The normalized spacial score (nSPS) is 17.3. The Balaban J connectivity index is 1.50. The summed E-state index contributed by atoms with van der Waals surface area (Å²) in [6.07, 6.45) is 1.35. The van der Waals surface area contributed by atoms with E-state index in [2.05, 4.69) is 35.6 Å². The van der Waals surface area contributed by atoms with Gasteiger partial charge in [0.25, 0.3) is 0 Å². The third-order valence-corrected chi connectivity index (χ3v) is 5.35. The van der Waals surface area contributed by atoms with E-state index in [9.17, 15) is 13.2 Å². The van der Waals surface area contributed by atoms with E-state index in [-0.39, 0.29) is 23.0 Å². The van der Waals surface area contributed by atoms with Gasteiger partial charge >= 0.3 is 6.18 Å². The van der Waals surface area contributed by atoms with Crippen molar-refractivity contribution in [3.05, 3.63) is 47.9 Å². The van der Waals surface area contributed by atoms with Crippen molar-refractivity contribution >= 4 is 17.6 Å². The fourth-order valence-corrected chi connectivity index (χ4v) is 3.16. The molecule has 5 rings (SSSR count). The van der Waals surface area contributed by atoms with Crippen molar-refractivity contribution in [2.24, 2.45) is 0 Å². The molecule has 0 aromatic carbocycles. The van der Waals surface area contributed by atoms with Crippen LogP contribution < -0.4 is 10.6 Å². The van der Waals surface area contributed by atoms with Crippen LogP contribution in [-0.2, 0) is 6.18 Å². The zero-order valence-electron chi connectivity index (χ0n) is 16.7. The fraction of sp³-hybridized carbons (Fsp3) is 0.381. The summed E-state index contributed by atoms with van der Waals surface area (Å²) in [5.41, 5.74) is 0.675. The number of nitrogens with one attached hydrogen (secondary N) is 2. The van der Waals surface area contributed by atoms with Crippen LogP contribution >= 0.6 is 0 Å². The van der Waals surface area contributed by atoms with Gasteiger partial charge in [0.1, 0.15) is 11.4 Å². The van der Waals surface area contributed by atoms with Gasteiger partial charge in [0.15, 0.2) is 5.82 Å². The van der Waals surface area contributed by atoms with Gasteiger partial charge in [-0.2, -0.15) is 28.1 Å². The molecule has 0 aliphatic heterocycles. The van der Waals surface area contributed by atoms with Crippen LogP contribution in [0.25, 0.3) is 11.5 Å². The lowest BCUT2D eigenvalue weighted by molar-refractivity contribution is -0.141. The second-order valence-corrected chi connectivity index (χ2v) is 8.27. The highest BCUT2D eigenvalue weighted by Crippen LogP contribution is 2.40. The Morgan fingerprint density at radius 2 is 1.77 bits per heavy atom. The lowest BCUT2D eigenvalue weighted by Gasteiger charge is -2.14. The minimum Gasteiger partial charge on any atom is -0.349 e. The average Bonchev–Trinajstić information content (AvgIpc) is 3.65. The number of pyridine rings is 2. The molecule has 3 heterocycles. The Bertz CT molecular complexity index is 1120. The number of nitrogens with zero attached hydrogens (tertiary/aromatic N) is 5. The van der Waals surface area contributed by atoms with Gasteiger partial charge in [0.05, 0.1) is 0 Å². The maximum Gasteiger partial charge on any atom is 0.433 e. The maximum atomic E-state index is 13.1. The molecule has 0 radical (unpaired) electrons. The summed E-state index contributed by atoms with van der Waals surface area (Å²) in [7, 11) is 0. The molecule has 160 valence electrons. The van der Waals surface area contributed by atoms with Crippen molar-refractivity contribution in [1.82, 2.24) is 24.9 Å². The van der Waals surface area contributed by atoms with E-state index in [4.69, 9.17) is 0 Å². The summed E-state index contributed by atoms with van der Waals surface area (Å²) < 4.78 is 39.4. The molecular weight excluding hydrogens is 407 g/mol. The van der Waals surface area contributed by atoms with Crippen LogP contribution in [0, 0.1) is 0 Å². The molecule has 0 saturated heterocycles. The van der Waals surface area contributed by atoms with Gasteiger partial charge in [-0.25, -0.2) is 4.98 Å². The number of anilines is 3. The van der Waals surface area contributed by atoms with E-state index in [1.807, 2.05) is 13.0 Å². The van der Waals surface area contributed by atoms with Crippen molar-refractivity contribution < 1.29 is 13.2 Å². The third kappa shape index (κ3) is 4.57. The van der Waals surface area contributed by atoms with Crippen LogP contribution in [-0.4, -0.2) is 30.5 Å². The van der Waals surface area contributed by atoms with Crippen molar-refractivity contribution in [2.45, 2.75) is 50.2 Å². The van der Waals surface area contributed by atoms with Gasteiger partial charge in [-0.15, -0.1) is 0 Å². The Kier molecular flexibility index (Phi) is 4.53. The summed E-state index contributed by atoms with van der Waals surface area (Å²) in [4.78, 5) is 21.2. The monoisotopic (exact) mass is 427 g/mol. The standard InChI is InChI=1S/C21H20F3N7/c1-20(8-9-20)31-19-29-17(14-3-2-4-16(27-14)21(22,23)24)28-18(30-19)26-13-7-10-25-15(11-13)12-5-6-12/h2-4,7,10-12H,5-6,8-9H2,1H3,(H2,25,26,28,29,30,31). The second kappa shape index (κ2) is 7.14. The number of hydrogen-bond acceptors (Lipinski definition) is 7. The molecule has 2 saturated carbocycles. The molecular formula is C21H20F3N7. The molecule has 0 unspecified atom stereocenters. The summed E-state index contributed by atoms with van der Waals surface area (Å²) in [6, 6.07) is 7.41. The molecule has 3 aromatic heterocycles. The molecule has 2 aliphatic rings. The Morgan fingerprint density at radius 1 is 1.00 bits per heavy atom. The summed E-state index contributed by atoms with van der Waals surface area (Å²) >= 11 is 0. The van der Waals surface area contributed by atoms with Gasteiger partial charge < -0.3 is 10.6 Å². The second-order valence-electron chi connectivity index (χ2n) is 8.27. The molecule has 3 aromatic rings. The highest BCUT2D eigenvalue weighted by molar-refractivity contribution is 5.59. The van der Waals surface area contributed by atoms with Crippen molar-refractivity contribution in [2.75, 3.05) is 10.6 Å². The van der Waals surface area contributed by atoms with Gasteiger partial charge in [-0.3, -0.25) is 4.98 Å². The third-order valence-electron chi connectivity index (χ3n) is 5.35. The first kappa shape index (κ1) is 19.7. The lowest BCUT2D eigenvalue weighted by atomic mass is 10.2. The van der Waals surface area contributed by atoms with E-state index >= 15 is 0 Å². The minimum atomic E-state index is -4.55. The van der Waals surface area contributed by atoms with Crippen molar-refractivity contribution in [3.63, 3.8) is 0 Å². The molecule has 2 N–H and O–H groups in total. The number of halogens is 3. The van der Waals surface area contributed by atoms with Crippen LogP contribution in [0.4, 0.5) is 30.8 Å². The van der Waals surface area contributed by atoms with Crippen LogP contribution in [0.3, 0.4) is 0 Å². The van der Waals surface area contributed by atoms with Gasteiger partial charge in [0, 0.05) is 29.0 Å². The lowest BCUT2D eigenvalue weighted by Crippen LogP contribution is -2.19. The molecule has 0 amide bonds. The Morgan fingerprint density at radius 3 is 2.48 bits per heavy atom. The quantitative estimate of drug-likeness (QED) is 0.576. The first-order chi connectivity index (χ1) is 14.8. The largest absolute Gasteiger partial charge is 0.433 e. The van der Waals surface area contributed by atoms with E-state index in [1.54, 1.807) is 12.3 Å². The predicted molar refractivity (Wildman–Crippen MR) is 109 cm³/mol. The van der Waals surface area contributed by atoms with E-state index in [0.29, 0.717) is 11.9 Å². The molecule has 10 heteroatoms. The summed E-state index contributed by atoms with van der Waals surface area (Å²) in [6.45, 7) is 2.04. The van der Waals surface area contributed by atoms with Crippen molar-refractivity contribution in [3.8, 4) is 11.5 Å². The number of aromatic nitrogens is 5. The Labute approximate surface area is 176 Å². The molecule has 0 spiro atoms. The van der Waals surface area contributed by atoms with E-state index < -0.39 is 11.9 Å². The molecule has 0 bridgehead atoms. The van der Waals surface area contributed by atoms with Gasteiger partial charge in [-0.1, -0.05) is 6.07 Å². The van der Waals surface area contributed by atoms with E-state index in [1.165, 1.54) is 12.1 Å². The van der Waals surface area contributed by atoms with Crippen LogP contribution in [0.15, 0.2) is 36.5 Å². The highest BCUT2D eigenvalue weighted by Gasteiger charge is 2.38. The topological polar surface area (TPSA) is 88.5 Å². The van der Waals surface area contributed by atoms with Crippen molar-refractivity contribution in [1.29, 1.82) is 0 Å². The number of alkyl halides is 3. The first-order valence-corrected chi connectivity index (χ1v) is 10.1. The smallest absolute Gasteiger partial charge is 0.349 e. The molecule has 7 nitrogen and oxygen atoms in total. The van der Waals surface area contributed by atoms with Crippen LogP contribution in [0.2, 0.25) is 0 Å². The zero-order valence-corrected chi connectivity index (χ0v) is 16.7. The molecule has 2 fully saturated rings. The molecule has 0 atom stereocenters. The van der Waals surface area contributed by atoms with Gasteiger partial charge in [-0.05, 0) is 56.9 Å². The minimum absolute atomic E-state index is 0.0256. The summed E-state index contributed by atoms with van der Waals surface area (Å²) in [5.74, 6) is 1.07. The SMILES string of the molecule is CC1(Nc2nc(Nc3ccnc(C4CC4)c3)nc(-c3cccc(C(F)(F)F)n3)n2)CC1. The number of rotatable bonds is 6. The Hall–Kier alpha value is -3.30. The molecule has 31 heavy (non-hydrogen) atoms. The molecule has 2 aliphatic carbocycles. The van der Waals surface area contributed by atoms with Crippen LogP contribution in [0.5, 0.6) is 0 Å². The number of hydrogen-bond donors (Lipinski definition) is 2. The highest BCUT2D eigenvalue weighted by atomic mass is 19.4.